The number of hydrogen-bond acceptors (Lipinski definition) is 1. The molecule has 0 spiro atoms. The van der Waals surface area contributed by atoms with Crippen molar-refractivity contribution in [2.45, 2.75) is 70.8 Å². The third-order valence-electron chi connectivity index (χ3n) is 5.93. The van der Waals surface area contributed by atoms with Crippen LogP contribution in [0.2, 0.25) is 0 Å². The van der Waals surface area contributed by atoms with Gasteiger partial charge in [-0.2, -0.15) is 0 Å². The molecule has 0 aliphatic heterocycles. The lowest BCUT2D eigenvalue weighted by atomic mass is 9.87. The summed E-state index contributed by atoms with van der Waals surface area (Å²) >= 11 is 0. The molecular formula is C17H30N2O. The van der Waals surface area contributed by atoms with E-state index in [0.717, 1.165) is 43.1 Å². The lowest BCUT2D eigenvalue weighted by Gasteiger charge is -2.26. The molecule has 0 aromatic carbocycles. The fraction of sp³-hybridized carbons (Fsp3) is 0.941. The van der Waals surface area contributed by atoms with E-state index in [4.69, 9.17) is 0 Å². The summed E-state index contributed by atoms with van der Waals surface area (Å²) in [6.07, 6.45) is 11.9. The third kappa shape index (κ3) is 3.48. The molecule has 3 heteroatoms. The summed E-state index contributed by atoms with van der Waals surface area (Å²) in [4.78, 5) is 12.0. The van der Waals surface area contributed by atoms with E-state index in [0.29, 0.717) is 6.04 Å². The molecule has 2 unspecified atom stereocenters. The average Bonchev–Trinajstić information content (AvgIpc) is 3.14. The van der Waals surface area contributed by atoms with Gasteiger partial charge in [0.05, 0.1) is 0 Å². The van der Waals surface area contributed by atoms with Crippen LogP contribution in [-0.2, 0) is 0 Å². The van der Waals surface area contributed by atoms with Gasteiger partial charge in [-0.25, -0.2) is 4.79 Å². The number of amides is 2. The Morgan fingerprint density at radius 2 is 1.60 bits per heavy atom. The second kappa shape index (κ2) is 6.36. The predicted octanol–water partition coefficient (Wildman–Crippen LogP) is 3.69. The molecule has 20 heavy (non-hydrogen) atoms. The van der Waals surface area contributed by atoms with Crippen molar-refractivity contribution in [2.75, 3.05) is 6.54 Å². The van der Waals surface area contributed by atoms with Crippen molar-refractivity contribution in [3.63, 3.8) is 0 Å². The molecule has 2 amide bonds. The van der Waals surface area contributed by atoms with E-state index in [-0.39, 0.29) is 6.03 Å². The molecule has 0 radical (unpaired) electrons. The Bertz CT molecular complexity index is 324. The largest absolute Gasteiger partial charge is 0.338 e. The van der Waals surface area contributed by atoms with Gasteiger partial charge in [0.1, 0.15) is 0 Å². The maximum atomic E-state index is 12.0. The van der Waals surface area contributed by atoms with Gasteiger partial charge in [-0.3, -0.25) is 0 Å². The highest BCUT2D eigenvalue weighted by atomic mass is 16.2. The summed E-state index contributed by atoms with van der Waals surface area (Å²) in [6.45, 7) is 3.22. The number of carbonyl (C=O) groups excluding carboxylic acids is 1. The van der Waals surface area contributed by atoms with E-state index in [2.05, 4.69) is 17.6 Å². The van der Waals surface area contributed by atoms with Crippen molar-refractivity contribution in [3.05, 3.63) is 0 Å². The molecule has 0 bridgehead atoms. The number of nitrogens with one attached hydrogen (secondary N) is 2. The van der Waals surface area contributed by atoms with Crippen molar-refractivity contribution in [2.24, 2.45) is 23.7 Å². The van der Waals surface area contributed by atoms with Crippen molar-refractivity contribution in [1.82, 2.24) is 10.6 Å². The first kappa shape index (κ1) is 14.2. The topological polar surface area (TPSA) is 41.1 Å². The van der Waals surface area contributed by atoms with Crippen LogP contribution in [-0.4, -0.2) is 18.6 Å². The van der Waals surface area contributed by atoms with Gasteiger partial charge >= 0.3 is 6.03 Å². The second-order valence-corrected chi connectivity index (χ2v) is 7.44. The first-order chi connectivity index (χ1) is 9.74. The quantitative estimate of drug-likeness (QED) is 0.812. The zero-order chi connectivity index (χ0) is 13.9. The summed E-state index contributed by atoms with van der Waals surface area (Å²) in [6, 6.07) is 0.488. The van der Waals surface area contributed by atoms with Gasteiger partial charge in [0, 0.05) is 12.6 Å². The summed E-state index contributed by atoms with van der Waals surface area (Å²) in [5, 5.41) is 6.30. The van der Waals surface area contributed by atoms with Gasteiger partial charge in [-0.1, -0.05) is 26.2 Å². The molecule has 0 heterocycles. The van der Waals surface area contributed by atoms with Crippen LogP contribution in [0.1, 0.15) is 64.7 Å². The van der Waals surface area contributed by atoms with Crippen LogP contribution in [0.25, 0.3) is 0 Å². The van der Waals surface area contributed by atoms with Crippen molar-refractivity contribution >= 4 is 6.03 Å². The molecule has 0 aromatic heterocycles. The standard InChI is InChI=1S/C17H30N2O/c1-12-7-9-13(10-8-12)19-17(20)18-11-16-14-5-3-2-4-6-15(14)16/h12-16H,2-11H2,1H3,(H2,18,19,20). The van der Waals surface area contributed by atoms with Crippen molar-refractivity contribution in [1.29, 1.82) is 0 Å². The first-order valence-electron chi connectivity index (χ1n) is 8.78. The molecule has 3 aliphatic carbocycles. The third-order valence-corrected chi connectivity index (χ3v) is 5.93. The minimum Gasteiger partial charge on any atom is -0.338 e. The molecule has 114 valence electrons. The van der Waals surface area contributed by atoms with Gasteiger partial charge in [-0.05, 0) is 62.2 Å². The summed E-state index contributed by atoms with van der Waals surface area (Å²) < 4.78 is 0. The van der Waals surface area contributed by atoms with Crippen LogP contribution in [0.3, 0.4) is 0 Å². The molecule has 3 rings (SSSR count). The summed E-state index contributed by atoms with van der Waals surface area (Å²) in [5.41, 5.74) is 0. The van der Waals surface area contributed by atoms with Crippen molar-refractivity contribution < 1.29 is 4.79 Å². The molecular weight excluding hydrogens is 248 g/mol. The minimum absolute atomic E-state index is 0.0750. The Labute approximate surface area is 123 Å². The van der Waals surface area contributed by atoms with Crippen LogP contribution in [0, 0.1) is 23.7 Å². The normalized spacial score (nSPS) is 40.4. The van der Waals surface area contributed by atoms with Gasteiger partial charge in [0.15, 0.2) is 0 Å². The average molecular weight is 278 g/mol. The molecule has 0 saturated heterocycles. The highest BCUT2D eigenvalue weighted by Gasteiger charge is 2.49. The number of urea groups is 1. The number of hydrogen-bond donors (Lipinski definition) is 2. The van der Waals surface area contributed by atoms with Crippen LogP contribution in [0.15, 0.2) is 0 Å². The van der Waals surface area contributed by atoms with E-state index in [1.807, 2.05) is 0 Å². The Morgan fingerprint density at radius 3 is 2.25 bits per heavy atom. The summed E-state index contributed by atoms with van der Waals surface area (Å²) in [5.74, 6) is 3.48. The second-order valence-electron chi connectivity index (χ2n) is 7.44. The Balaban J connectivity index is 1.34. The van der Waals surface area contributed by atoms with Gasteiger partial charge < -0.3 is 10.6 Å². The van der Waals surface area contributed by atoms with E-state index in [1.165, 1.54) is 44.9 Å². The number of fused-ring (bicyclic) bond motifs is 1. The molecule has 3 saturated carbocycles. The van der Waals surface area contributed by atoms with Gasteiger partial charge in [0.2, 0.25) is 0 Å². The number of rotatable bonds is 3. The lowest BCUT2D eigenvalue weighted by molar-refractivity contribution is 0.227. The fourth-order valence-electron chi connectivity index (χ4n) is 4.47. The highest BCUT2D eigenvalue weighted by molar-refractivity contribution is 5.74. The minimum atomic E-state index is 0.0750. The molecule has 3 nitrogen and oxygen atoms in total. The molecule has 2 N–H and O–H groups in total. The maximum Gasteiger partial charge on any atom is 0.315 e. The lowest BCUT2D eigenvalue weighted by Crippen LogP contribution is -2.44. The van der Waals surface area contributed by atoms with Crippen LogP contribution >= 0.6 is 0 Å². The van der Waals surface area contributed by atoms with Gasteiger partial charge in [0.25, 0.3) is 0 Å². The molecule has 0 aromatic rings. The Kier molecular flexibility index (Phi) is 4.52. The monoisotopic (exact) mass is 278 g/mol. The molecule has 2 atom stereocenters. The predicted molar refractivity (Wildman–Crippen MR) is 81.5 cm³/mol. The molecule has 3 aliphatic rings. The smallest absolute Gasteiger partial charge is 0.315 e. The summed E-state index contributed by atoms with van der Waals surface area (Å²) in [7, 11) is 0. The van der Waals surface area contributed by atoms with E-state index in [9.17, 15) is 4.79 Å². The Morgan fingerprint density at radius 1 is 0.950 bits per heavy atom. The first-order valence-corrected chi connectivity index (χ1v) is 8.78. The molecule has 3 fully saturated rings. The van der Waals surface area contributed by atoms with E-state index >= 15 is 0 Å². The van der Waals surface area contributed by atoms with Crippen LogP contribution in [0.4, 0.5) is 4.79 Å². The SMILES string of the molecule is CC1CCC(NC(=O)NCC2C3CCCCCC32)CC1. The van der Waals surface area contributed by atoms with E-state index < -0.39 is 0 Å². The van der Waals surface area contributed by atoms with Crippen molar-refractivity contribution in [3.8, 4) is 0 Å². The zero-order valence-corrected chi connectivity index (χ0v) is 12.9. The highest BCUT2D eigenvalue weighted by Crippen LogP contribution is 2.53. The van der Waals surface area contributed by atoms with Crippen LogP contribution < -0.4 is 10.6 Å². The number of carbonyl (C=O) groups is 1. The van der Waals surface area contributed by atoms with Crippen LogP contribution in [0.5, 0.6) is 0 Å². The van der Waals surface area contributed by atoms with E-state index in [1.54, 1.807) is 0 Å². The van der Waals surface area contributed by atoms with Gasteiger partial charge in [-0.15, -0.1) is 0 Å². The fourth-order valence-corrected chi connectivity index (χ4v) is 4.47. The Hall–Kier alpha value is -0.730. The maximum absolute atomic E-state index is 12.0. The zero-order valence-electron chi connectivity index (χ0n) is 12.9.